The van der Waals surface area contributed by atoms with Crippen LogP contribution >= 0.6 is 0 Å². The first-order valence-corrected chi connectivity index (χ1v) is 5.80. The van der Waals surface area contributed by atoms with E-state index < -0.39 is 4.92 Å². The third kappa shape index (κ3) is 3.66. The fourth-order valence-corrected chi connectivity index (χ4v) is 1.75. The molecule has 1 rings (SSSR count). The molecule has 4 nitrogen and oxygen atoms in total. The van der Waals surface area contributed by atoms with Crippen LogP contribution < -0.4 is 0 Å². The quantitative estimate of drug-likeness (QED) is 0.562. The molecule has 1 aromatic rings. The predicted molar refractivity (Wildman–Crippen MR) is 66.1 cm³/mol. The molecule has 0 radical (unpaired) electrons. The molecule has 0 aliphatic heterocycles. The topological polar surface area (TPSA) is 60.2 Å². The Morgan fingerprint density at radius 1 is 1.41 bits per heavy atom. The zero-order valence-electron chi connectivity index (χ0n) is 10.2. The lowest BCUT2D eigenvalue weighted by Gasteiger charge is -2.05. The molecule has 0 bridgehead atoms. The van der Waals surface area contributed by atoms with Crippen LogP contribution in [0, 0.1) is 17.0 Å². The molecule has 1 aromatic carbocycles. The zero-order valence-corrected chi connectivity index (χ0v) is 10.2. The highest BCUT2D eigenvalue weighted by atomic mass is 16.6. The highest BCUT2D eigenvalue weighted by molar-refractivity contribution is 5.82. The van der Waals surface area contributed by atoms with Crippen molar-refractivity contribution in [3.8, 4) is 0 Å². The van der Waals surface area contributed by atoms with Crippen LogP contribution in [-0.4, -0.2) is 10.7 Å². The van der Waals surface area contributed by atoms with Crippen LogP contribution in [0.4, 0.5) is 5.69 Å². The minimum Gasteiger partial charge on any atom is -0.299 e. The molecule has 0 heterocycles. The Hall–Kier alpha value is -1.71. The smallest absolute Gasteiger partial charge is 0.273 e. The van der Waals surface area contributed by atoms with Crippen LogP contribution in [0.15, 0.2) is 18.2 Å². The van der Waals surface area contributed by atoms with Crippen molar-refractivity contribution in [2.45, 2.75) is 39.5 Å². The van der Waals surface area contributed by atoms with Gasteiger partial charge in [-0.3, -0.25) is 14.9 Å². The number of unbranched alkanes of at least 4 members (excludes halogenated alkanes) is 1. The molecular weight excluding hydrogens is 218 g/mol. The summed E-state index contributed by atoms with van der Waals surface area (Å²) in [5.74, 6) is 0.0734. The number of Topliss-reactive ketones (excluding diaryl/α,β-unsaturated/α-hetero) is 1. The molecule has 0 spiro atoms. The molecular formula is C13H17NO3. The van der Waals surface area contributed by atoms with E-state index in [1.54, 1.807) is 19.1 Å². The summed E-state index contributed by atoms with van der Waals surface area (Å²) in [6.45, 7) is 3.82. The molecule has 0 atom stereocenters. The first-order valence-electron chi connectivity index (χ1n) is 5.80. The van der Waals surface area contributed by atoms with Crippen molar-refractivity contribution in [3.05, 3.63) is 39.4 Å². The molecule has 17 heavy (non-hydrogen) atoms. The molecule has 0 N–H and O–H groups in total. The van der Waals surface area contributed by atoms with Crippen molar-refractivity contribution in [1.82, 2.24) is 0 Å². The van der Waals surface area contributed by atoms with E-state index >= 15 is 0 Å². The van der Waals surface area contributed by atoms with Crippen LogP contribution in [0.1, 0.15) is 37.3 Å². The predicted octanol–water partition coefficient (Wildman–Crippen LogP) is 3.21. The SMILES string of the molecule is CCCCC(=O)Cc1c(C)cccc1[N+](=O)[O-]. The van der Waals surface area contributed by atoms with E-state index in [9.17, 15) is 14.9 Å². The van der Waals surface area contributed by atoms with Crippen molar-refractivity contribution in [1.29, 1.82) is 0 Å². The summed E-state index contributed by atoms with van der Waals surface area (Å²) >= 11 is 0. The van der Waals surface area contributed by atoms with Crippen LogP contribution in [0.2, 0.25) is 0 Å². The second-order valence-electron chi connectivity index (χ2n) is 4.15. The maximum Gasteiger partial charge on any atom is 0.273 e. The number of hydrogen-bond acceptors (Lipinski definition) is 3. The summed E-state index contributed by atoms with van der Waals surface area (Å²) in [6, 6.07) is 4.90. The van der Waals surface area contributed by atoms with E-state index in [0.29, 0.717) is 12.0 Å². The monoisotopic (exact) mass is 235 g/mol. The summed E-state index contributed by atoms with van der Waals surface area (Å²) in [7, 11) is 0. The first-order chi connectivity index (χ1) is 8.06. The number of carbonyl (C=O) groups excluding carboxylic acids is 1. The number of nitro groups is 1. The molecule has 0 unspecified atom stereocenters. The lowest BCUT2D eigenvalue weighted by molar-refractivity contribution is -0.385. The largest absolute Gasteiger partial charge is 0.299 e. The summed E-state index contributed by atoms with van der Waals surface area (Å²) in [5.41, 5.74) is 1.41. The number of nitro benzene ring substituents is 1. The maximum absolute atomic E-state index is 11.7. The van der Waals surface area contributed by atoms with Gasteiger partial charge in [0.1, 0.15) is 5.78 Å². The minimum atomic E-state index is -0.421. The van der Waals surface area contributed by atoms with E-state index in [1.807, 2.05) is 6.92 Å². The van der Waals surface area contributed by atoms with Gasteiger partial charge in [0.05, 0.1) is 4.92 Å². The Morgan fingerprint density at radius 2 is 2.12 bits per heavy atom. The third-order valence-corrected chi connectivity index (χ3v) is 2.77. The van der Waals surface area contributed by atoms with Gasteiger partial charge in [0.2, 0.25) is 0 Å². The summed E-state index contributed by atoms with van der Waals surface area (Å²) < 4.78 is 0. The van der Waals surface area contributed by atoms with Gasteiger partial charge in [0.15, 0.2) is 0 Å². The molecule has 92 valence electrons. The lowest BCUT2D eigenvalue weighted by atomic mass is 9.99. The molecule has 0 fully saturated rings. The number of aryl methyl sites for hydroxylation is 1. The lowest BCUT2D eigenvalue weighted by Crippen LogP contribution is -2.06. The minimum absolute atomic E-state index is 0.0508. The Morgan fingerprint density at radius 3 is 2.71 bits per heavy atom. The van der Waals surface area contributed by atoms with Crippen LogP contribution in [0.3, 0.4) is 0 Å². The van der Waals surface area contributed by atoms with Gasteiger partial charge in [-0.25, -0.2) is 0 Å². The first kappa shape index (κ1) is 13.4. The standard InChI is InChI=1S/C13H17NO3/c1-3-4-7-11(15)9-12-10(2)6-5-8-13(12)14(16)17/h5-6,8H,3-4,7,9H2,1-2H3. The maximum atomic E-state index is 11.7. The van der Waals surface area contributed by atoms with Gasteiger partial charge < -0.3 is 0 Å². The Kier molecular flexibility index (Phi) is 4.82. The average Bonchev–Trinajstić information content (AvgIpc) is 2.28. The van der Waals surface area contributed by atoms with Crippen molar-refractivity contribution >= 4 is 11.5 Å². The molecule has 0 aliphatic carbocycles. The van der Waals surface area contributed by atoms with E-state index in [0.717, 1.165) is 18.4 Å². The number of rotatable bonds is 6. The van der Waals surface area contributed by atoms with Crippen molar-refractivity contribution in [2.24, 2.45) is 0 Å². The highest BCUT2D eigenvalue weighted by Crippen LogP contribution is 2.23. The van der Waals surface area contributed by atoms with E-state index in [1.165, 1.54) is 6.07 Å². The van der Waals surface area contributed by atoms with E-state index in [-0.39, 0.29) is 17.9 Å². The zero-order chi connectivity index (χ0) is 12.8. The summed E-state index contributed by atoms with van der Waals surface area (Å²) in [6.07, 6.45) is 2.48. The molecule has 0 saturated heterocycles. The van der Waals surface area contributed by atoms with Gasteiger partial charge in [-0.1, -0.05) is 25.5 Å². The third-order valence-electron chi connectivity index (χ3n) is 2.77. The van der Waals surface area contributed by atoms with Gasteiger partial charge >= 0.3 is 0 Å². The van der Waals surface area contributed by atoms with Crippen LogP contribution in [0.25, 0.3) is 0 Å². The van der Waals surface area contributed by atoms with E-state index in [4.69, 9.17) is 0 Å². The van der Waals surface area contributed by atoms with Crippen molar-refractivity contribution < 1.29 is 9.72 Å². The average molecular weight is 235 g/mol. The molecule has 4 heteroatoms. The number of ketones is 1. The van der Waals surface area contributed by atoms with Crippen LogP contribution in [-0.2, 0) is 11.2 Å². The van der Waals surface area contributed by atoms with Crippen molar-refractivity contribution in [3.63, 3.8) is 0 Å². The van der Waals surface area contributed by atoms with Gasteiger partial charge in [0.25, 0.3) is 5.69 Å². The highest BCUT2D eigenvalue weighted by Gasteiger charge is 2.17. The van der Waals surface area contributed by atoms with Gasteiger partial charge in [-0.2, -0.15) is 0 Å². The Bertz CT molecular complexity index is 427. The molecule has 0 saturated carbocycles. The number of nitrogens with zero attached hydrogens (tertiary/aromatic N) is 1. The van der Waals surface area contributed by atoms with Gasteiger partial charge in [0, 0.05) is 24.5 Å². The Balaban J connectivity index is 2.89. The fourth-order valence-electron chi connectivity index (χ4n) is 1.75. The second kappa shape index (κ2) is 6.13. The Labute approximate surface area is 101 Å². The molecule has 0 amide bonds. The fraction of sp³-hybridized carbons (Fsp3) is 0.462. The summed E-state index contributed by atoms with van der Waals surface area (Å²) in [4.78, 5) is 22.1. The molecule has 0 aliphatic rings. The second-order valence-corrected chi connectivity index (χ2v) is 4.15. The van der Waals surface area contributed by atoms with Crippen molar-refractivity contribution in [2.75, 3.05) is 0 Å². The van der Waals surface area contributed by atoms with Gasteiger partial charge in [-0.15, -0.1) is 0 Å². The number of carbonyl (C=O) groups is 1. The normalized spacial score (nSPS) is 10.2. The van der Waals surface area contributed by atoms with Gasteiger partial charge in [-0.05, 0) is 18.9 Å². The molecule has 0 aromatic heterocycles. The summed E-state index contributed by atoms with van der Waals surface area (Å²) in [5, 5.41) is 10.9. The van der Waals surface area contributed by atoms with Crippen LogP contribution in [0.5, 0.6) is 0 Å². The number of hydrogen-bond donors (Lipinski definition) is 0. The number of benzene rings is 1. The van der Waals surface area contributed by atoms with E-state index in [2.05, 4.69) is 0 Å².